The first-order valence-electron chi connectivity index (χ1n) is 5.79. The van der Waals surface area contributed by atoms with Gasteiger partial charge in [-0.2, -0.15) is 0 Å². The number of aryl methyl sites for hydroxylation is 1. The second kappa shape index (κ2) is 6.53. The van der Waals surface area contributed by atoms with Crippen molar-refractivity contribution in [1.29, 1.82) is 0 Å². The van der Waals surface area contributed by atoms with Crippen molar-refractivity contribution in [2.45, 2.75) is 25.8 Å². The molecule has 0 aliphatic carbocycles. The maximum Gasteiger partial charge on any atom is 0.326 e. The van der Waals surface area contributed by atoms with Crippen molar-refractivity contribution in [3.8, 4) is 0 Å². The average Bonchev–Trinajstić information content (AvgIpc) is 2.34. The van der Waals surface area contributed by atoms with Gasteiger partial charge in [0.15, 0.2) is 0 Å². The summed E-state index contributed by atoms with van der Waals surface area (Å²) in [5.74, 6) is -2.28. The topological polar surface area (TPSA) is 109 Å². The van der Waals surface area contributed by atoms with Crippen LogP contribution >= 0.6 is 0 Å². The molecule has 6 nitrogen and oxygen atoms in total. The number of hydrogen-bond acceptors (Lipinski definition) is 3. The molecule has 0 radical (unpaired) electrons. The van der Waals surface area contributed by atoms with E-state index in [-0.39, 0.29) is 12.8 Å². The first-order chi connectivity index (χ1) is 8.90. The molecule has 102 valence electrons. The normalized spacial score (nSPS) is 11.6. The monoisotopic (exact) mass is 264 g/mol. The first kappa shape index (κ1) is 14.7. The molecule has 0 bridgehead atoms. The van der Waals surface area contributed by atoms with Crippen molar-refractivity contribution in [3.63, 3.8) is 0 Å². The van der Waals surface area contributed by atoms with Crippen molar-refractivity contribution in [2.24, 2.45) is 5.73 Å². The van der Waals surface area contributed by atoms with Crippen LogP contribution in [0.5, 0.6) is 0 Å². The molecule has 4 N–H and O–H groups in total. The van der Waals surface area contributed by atoms with Gasteiger partial charge in [-0.15, -0.1) is 0 Å². The van der Waals surface area contributed by atoms with Gasteiger partial charge in [-0.25, -0.2) is 4.79 Å². The summed E-state index contributed by atoms with van der Waals surface area (Å²) in [5.41, 5.74) is 6.33. The van der Waals surface area contributed by atoms with Gasteiger partial charge in [0, 0.05) is 12.0 Å². The second-order valence-electron chi connectivity index (χ2n) is 4.24. The standard InChI is InChI=1S/C13H16N2O4/c1-8-2-4-9(5-3-8)12(17)15-10(13(18)19)6-7-11(14)16/h2-5,10H,6-7H2,1H3,(H2,14,16)(H,15,17)(H,18,19)/t10-/m1/s1. The molecule has 0 spiro atoms. The SMILES string of the molecule is Cc1ccc(C(=O)N[C@H](CCC(N)=O)C(=O)O)cc1. The highest BCUT2D eigenvalue weighted by Gasteiger charge is 2.21. The van der Waals surface area contributed by atoms with Crippen molar-refractivity contribution in [2.75, 3.05) is 0 Å². The smallest absolute Gasteiger partial charge is 0.326 e. The molecule has 2 amide bonds. The van der Waals surface area contributed by atoms with Gasteiger partial charge in [0.25, 0.3) is 5.91 Å². The van der Waals surface area contributed by atoms with Gasteiger partial charge < -0.3 is 16.2 Å². The summed E-state index contributed by atoms with van der Waals surface area (Å²) in [4.78, 5) is 33.4. The first-order valence-corrected chi connectivity index (χ1v) is 5.79. The predicted octanol–water partition coefficient (Wildman–Crippen LogP) is 0.444. The third kappa shape index (κ3) is 4.79. The van der Waals surface area contributed by atoms with E-state index in [1.165, 1.54) is 0 Å². The van der Waals surface area contributed by atoms with Crippen LogP contribution in [0.4, 0.5) is 0 Å². The van der Waals surface area contributed by atoms with Crippen molar-refractivity contribution >= 4 is 17.8 Å². The zero-order chi connectivity index (χ0) is 14.4. The molecule has 0 fully saturated rings. The maximum absolute atomic E-state index is 11.8. The third-order valence-corrected chi connectivity index (χ3v) is 2.60. The Bertz CT molecular complexity index is 482. The number of aliphatic carboxylic acids is 1. The summed E-state index contributed by atoms with van der Waals surface area (Å²) in [6, 6.07) is 5.61. The largest absolute Gasteiger partial charge is 0.480 e. The predicted molar refractivity (Wildman–Crippen MR) is 68.5 cm³/mol. The van der Waals surface area contributed by atoms with Crippen LogP contribution in [0.2, 0.25) is 0 Å². The Hall–Kier alpha value is -2.37. The van der Waals surface area contributed by atoms with Crippen LogP contribution in [-0.2, 0) is 9.59 Å². The molecule has 1 rings (SSSR count). The molecule has 0 aromatic heterocycles. The number of nitrogens with one attached hydrogen (secondary N) is 1. The number of carbonyl (C=O) groups is 3. The third-order valence-electron chi connectivity index (χ3n) is 2.60. The molecule has 19 heavy (non-hydrogen) atoms. The van der Waals surface area contributed by atoms with E-state index in [0.29, 0.717) is 5.56 Å². The number of amides is 2. The van der Waals surface area contributed by atoms with E-state index in [1.807, 2.05) is 6.92 Å². The van der Waals surface area contributed by atoms with Gasteiger partial charge in [-0.1, -0.05) is 17.7 Å². The number of carboxylic acids is 1. The van der Waals surface area contributed by atoms with Crippen LogP contribution < -0.4 is 11.1 Å². The minimum absolute atomic E-state index is 0.0255. The van der Waals surface area contributed by atoms with Crippen LogP contribution in [0.15, 0.2) is 24.3 Å². The minimum Gasteiger partial charge on any atom is -0.480 e. The number of benzene rings is 1. The molecule has 6 heteroatoms. The zero-order valence-corrected chi connectivity index (χ0v) is 10.6. The number of nitrogens with two attached hydrogens (primary N) is 1. The van der Waals surface area contributed by atoms with Crippen molar-refractivity contribution in [3.05, 3.63) is 35.4 Å². The van der Waals surface area contributed by atoms with Gasteiger partial charge in [0.1, 0.15) is 6.04 Å². The quantitative estimate of drug-likeness (QED) is 0.692. The number of carbonyl (C=O) groups excluding carboxylic acids is 2. The lowest BCUT2D eigenvalue weighted by atomic mass is 10.1. The van der Waals surface area contributed by atoms with Crippen molar-refractivity contribution in [1.82, 2.24) is 5.32 Å². The molecule has 0 saturated carbocycles. The Kier molecular flexibility index (Phi) is 5.05. The van der Waals surface area contributed by atoms with Crippen LogP contribution in [0, 0.1) is 6.92 Å². The fourth-order valence-electron chi connectivity index (χ4n) is 1.49. The zero-order valence-electron chi connectivity index (χ0n) is 10.6. The Labute approximate surface area is 110 Å². The van der Waals surface area contributed by atoms with E-state index in [4.69, 9.17) is 10.8 Å². The number of carboxylic acid groups (broad SMARTS) is 1. The molecular formula is C13H16N2O4. The number of hydrogen-bond donors (Lipinski definition) is 3. The molecule has 1 aromatic carbocycles. The van der Waals surface area contributed by atoms with Crippen LogP contribution in [0.3, 0.4) is 0 Å². The summed E-state index contributed by atoms with van der Waals surface area (Å²) in [6.07, 6.45) is -0.118. The van der Waals surface area contributed by atoms with Gasteiger partial charge in [-0.3, -0.25) is 9.59 Å². The Balaban J connectivity index is 2.68. The molecule has 0 aliphatic rings. The van der Waals surface area contributed by atoms with Gasteiger partial charge >= 0.3 is 5.97 Å². The molecule has 1 aromatic rings. The highest BCUT2D eigenvalue weighted by molar-refractivity contribution is 5.96. The fraction of sp³-hybridized carbons (Fsp3) is 0.308. The number of rotatable bonds is 6. The van der Waals surface area contributed by atoms with E-state index in [1.54, 1.807) is 24.3 Å². The summed E-state index contributed by atoms with van der Waals surface area (Å²) in [6.45, 7) is 1.88. The summed E-state index contributed by atoms with van der Waals surface area (Å²) >= 11 is 0. The summed E-state index contributed by atoms with van der Waals surface area (Å²) in [7, 11) is 0. The lowest BCUT2D eigenvalue weighted by Crippen LogP contribution is -2.41. The highest BCUT2D eigenvalue weighted by atomic mass is 16.4. The van der Waals surface area contributed by atoms with E-state index >= 15 is 0 Å². The minimum atomic E-state index is -1.19. The lowest BCUT2D eigenvalue weighted by molar-refractivity contribution is -0.139. The van der Waals surface area contributed by atoms with Gasteiger partial charge in [0.05, 0.1) is 0 Å². The molecule has 0 saturated heterocycles. The van der Waals surface area contributed by atoms with Crippen LogP contribution in [0.1, 0.15) is 28.8 Å². The molecule has 1 atom stereocenters. The van der Waals surface area contributed by atoms with E-state index in [9.17, 15) is 14.4 Å². The number of primary amides is 1. The van der Waals surface area contributed by atoms with E-state index in [2.05, 4.69) is 5.32 Å². The second-order valence-corrected chi connectivity index (χ2v) is 4.24. The highest BCUT2D eigenvalue weighted by Crippen LogP contribution is 2.05. The maximum atomic E-state index is 11.8. The fourth-order valence-corrected chi connectivity index (χ4v) is 1.49. The Morgan fingerprint density at radius 2 is 1.84 bits per heavy atom. The molecule has 0 aliphatic heterocycles. The van der Waals surface area contributed by atoms with Gasteiger partial charge in [0.2, 0.25) is 5.91 Å². The van der Waals surface area contributed by atoms with Gasteiger partial charge in [-0.05, 0) is 25.5 Å². The van der Waals surface area contributed by atoms with Crippen LogP contribution in [-0.4, -0.2) is 28.9 Å². The lowest BCUT2D eigenvalue weighted by Gasteiger charge is -2.13. The Morgan fingerprint density at radius 1 is 1.26 bits per heavy atom. The van der Waals surface area contributed by atoms with Crippen molar-refractivity contribution < 1.29 is 19.5 Å². The average molecular weight is 264 g/mol. The molecular weight excluding hydrogens is 248 g/mol. The molecule has 0 unspecified atom stereocenters. The Morgan fingerprint density at radius 3 is 2.32 bits per heavy atom. The van der Waals surface area contributed by atoms with Crippen LogP contribution in [0.25, 0.3) is 0 Å². The molecule has 0 heterocycles. The summed E-state index contributed by atoms with van der Waals surface area (Å²) < 4.78 is 0. The van der Waals surface area contributed by atoms with E-state index in [0.717, 1.165) is 5.56 Å². The van der Waals surface area contributed by atoms with E-state index < -0.39 is 23.8 Å². The summed E-state index contributed by atoms with van der Waals surface area (Å²) in [5, 5.41) is 11.3.